The van der Waals surface area contributed by atoms with Crippen LogP contribution in [0.4, 0.5) is 4.39 Å². The molecule has 2 heteroatoms. The Labute approximate surface area is 43.5 Å². The summed E-state index contributed by atoms with van der Waals surface area (Å²) < 4.78 is 16.0. The number of halogens is 1. The first kappa shape index (κ1) is 6.89. The lowest BCUT2D eigenvalue weighted by atomic mass is 10.5. The zero-order valence-corrected chi connectivity index (χ0v) is 4.65. The third-order valence-corrected chi connectivity index (χ3v) is 0.450. The van der Waals surface area contributed by atoms with Crippen molar-refractivity contribution in [3.05, 3.63) is 6.61 Å². The highest BCUT2D eigenvalue weighted by Crippen LogP contribution is 1.95. The summed E-state index contributed by atoms with van der Waals surface area (Å²) >= 11 is 0. The zero-order valence-electron chi connectivity index (χ0n) is 4.65. The molecule has 1 nitrogen and oxygen atoms in total. The summed E-state index contributed by atoms with van der Waals surface area (Å²) in [5, 5.41) is 0. The topological polar surface area (TPSA) is 9.23 Å². The van der Waals surface area contributed by atoms with E-state index in [4.69, 9.17) is 0 Å². The van der Waals surface area contributed by atoms with Crippen LogP contribution < -0.4 is 0 Å². The number of ether oxygens (including phenoxy) is 1. The summed E-state index contributed by atoms with van der Waals surface area (Å²) in [6, 6.07) is 0. The molecule has 0 saturated carbocycles. The van der Waals surface area contributed by atoms with Crippen molar-refractivity contribution in [2.45, 2.75) is 26.6 Å². The van der Waals surface area contributed by atoms with Crippen molar-refractivity contribution < 1.29 is 9.13 Å². The fourth-order valence-corrected chi connectivity index (χ4v) is 0.229. The summed E-state index contributed by atoms with van der Waals surface area (Å²) in [6.07, 6.45) is -0.395. The molecular formula is C5H10FO. The Morgan fingerprint density at radius 1 is 1.86 bits per heavy atom. The van der Waals surface area contributed by atoms with E-state index in [9.17, 15) is 4.39 Å². The number of alkyl halides is 1. The molecule has 0 aliphatic heterocycles. The summed E-state index contributed by atoms with van der Waals surface area (Å²) in [6.45, 7) is 4.69. The van der Waals surface area contributed by atoms with E-state index in [0.717, 1.165) is 6.42 Å². The molecule has 1 unspecified atom stereocenters. The van der Waals surface area contributed by atoms with Crippen LogP contribution >= 0.6 is 0 Å². The van der Waals surface area contributed by atoms with Crippen LogP contribution in [0.25, 0.3) is 0 Å². The Balaban J connectivity index is 2.68. The predicted octanol–water partition coefficient (Wildman–Crippen LogP) is 1.89. The van der Waals surface area contributed by atoms with Gasteiger partial charge in [-0.15, -0.1) is 0 Å². The Morgan fingerprint density at radius 3 is 2.57 bits per heavy atom. The Kier molecular flexibility index (Phi) is 4.00. The van der Waals surface area contributed by atoms with Gasteiger partial charge in [0.05, 0.1) is 6.61 Å². The number of hydrogen-bond donors (Lipinski definition) is 0. The van der Waals surface area contributed by atoms with Crippen LogP contribution in [-0.2, 0) is 4.74 Å². The maximum Gasteiger partial charge on any atom is 0.196 e. The van der Waals surface area contributed by atoms with E-state index < -0.39 is 6.36 Å². The SMILES string of the molecule is CC[CH]OC(C)F. The van der Waals surface area contributed by atoms with Crippen molar-refractivity contribution in [1.82, 2.24) is 0 Å². The fraction of sp³-hybridized carbons (Fsp3) is 0.800. The van der Waals surface area contributed by atoms with Crippen molar-refractivity contribution in [3.8, 4) is 0 Å². The van der Waals surface area contributed by atoms with Crippen LogP contribution in [-0.4, -0.2) is 6.36 Å². The van der Waals surface area contributed by atoms with Crippen molar-refractivity contribution in [2.24, 2.45) is 0 Å². The third kappa shape index (κ3) is 5.89. The molecule has 1 radical (unpaired) electrons. The summed E-state index contributed by atoms with van der Waals surface area (Å²) in [5.41, 5.74) is 0. The Hall–Kier alpha value is -0.110. The van der Waals surface area contributed by atoms with Gasteiger partial charge in [0.1, 0.15) is 0 Å². The average Bonchev–Trinajstić information content (AvgIpc) is 1.61. The van der Waals surface area contributed by atoms with E-state index in [0.29, 0.717) is 0 Å². The van der Waals surface area contributed by atoms with Gasteiger partial charge in [0, 0.05) is 0 Å². The first-order chi connectivity index (χ1) is 3.27. The Bertz CT molecular complexity index is 37.1. The maximum absolute atomic E-state index is 11.6. The molecule has 0 aromatic carbocycles. The van der Waals surface area contributed by atoms with Crippen molar-refractivity contribution in [1.29, 1.82) is 0 Å². The largest absolute Gasteiger partial charge is 0.342 e. The van der Waals surface area contributed by atoms with Crippen LogP contribution in [0.5, 0.6) is 0 Å². The minimum atomic E-state index is -1.15. The van der Waals surface area contributed by atoms with Gasteiger partial charge in [-0.25, -0.2) is 4.39 Å². The third-order valence-electron chi connectivity index (χ3n) is 0.450. The fourth-order valence-electron chi connectivity index (χ4n) is 0.229. The molecule has 0 heterocycles. The van der Waals surface area contributed by atoms with Gasteiger partial charge in [-0.3, -0.25) is 0 Å². The lowest BCUT2D eigenvalue weighted by Crippen LogP contribution is -1.95. The van der Waals surface area contributed by atoms with Gasteiger partial charge in [0.2, 0.25) is 0 Å². The molecule has 0 aromatic heterocycles. The molecule has 0 bridgehead atoms. The molecule has 0 aliphatic rings. The van der Waals surface area contributed by atoms with E-state index in [1.165, 1.54) is 13.5 Å². The smallest absolute Gasteiger partial charge is 0.196 e. The van der Waals surface area contributed by atoms with Crippen LogP contribution in [0.3, 0.4) is 0 Å². The van der Waals surface area contributed by atoms with Crippen molar-refractivity contribution in [2.75, 3.05) is 0 Å². The van der Waals surface area contributed by atoms with Gasteiger partial charge < -0.3 is 4.74 Å². The monoisotopic (exact) mass is 105 g/mol. The highest BCUT2D eigenvalue weighted by Gasteiger charge is 1.92. The minimum Gasteiger partial charge on any atom is -0.342 e. The summed E-state index contributed by atoms with van der Waals surface area (Å²) in [7, 11) is 0. The van der Waals surface area contributed by atoms with Gasteiger partial charge in [0.15, 0.2) is 6.36 Å². The molecule has 7 heavy (non-hydrogen) atoms. The van der Waals surface area contributed by atoms with E-state index in [1.807, 2.05) is 6.92 Å². The number of hydrogen-bond acceptors (Lipinski definition) is 1. The summed E-state index contributed by atoms with van der Waals surface area (Å²) in [4.78, 5) is 0. The second-order valence-electron chi connectivity index (χ2n) is 1.25. The molecule has 0 aromatic rings. The normalized spacial score (nSPS) is 14.1. The molecule has 0 rings (SSSR count). The van der Waals surface area contributed by atoms with Crippen LogP contribution in [0.1, 0.15) is 20.3 Å². The van der Waals surface area contributed by atoms with Crippen molar-refractivity contribution >= 4 is 0 Å². The van der Waals surface area contributed by atoms with Crippen LogP contribution in [0, 0.1) is 6.61 Å². The first-order valence-corrected chi connectivity index (χ1v) is 2.38. The van der Waals surface area contributed by atoms with Crippen LogP contribution in [0.2, 0.25) is 0 Å². The minimum absolute atomic E-state index is 0.758. The van der Waals surface area contributed by atoms with Crippen LogP contribution in [0.15, 0.2) is 0 Å². The molecular weight excluding hydrogens is 95.1 g/mol. The van der Waals surface area contributed by atoms with Gasteiger partial charge in [-0.2, -0.15) is 0 Å². The van der Waals surface area contributed by atoms with Gasteiger partial charge >= 0.3 is 0 Å². The summed E-state index contributed by atoms with van der Waals surface area (Å²) in [5.74, 6) is 0. The molecule has 0 saturated heterocycles. The lowest BCUT2D eigenvalue weighted by molar-refractivity contribution is 0.0122. The zero-order chi connectivity index (χ0) is 5.70. The molecule has 0 N–H and O–H groups in total. The predicted molar refractivity (Wildman–Crippen MR) is 26.2 cm³/mol. The Morgan fingerprint density at radius 2 is 2.43 bits per heavy atom. The molecule has 0 spiro atoms. The molecule has 1 atom stereocenters. The first-order valence-electron chi connectivity index (χ1n) is 2.38. The number of rotatable bonds is 3. The second-order valence-corrected chi connectivity index (χ2v) is 1.25. The maximum atomic E-state index is 11.6. The highest BCUT2D eigenvalue weighted by atomic mass is 19.1. The van der Waals surface area contributed by atoms with E-state index in [2.05, 4.69) is 4.74 Å². The molecule has 0 aliphatic carbocycles. The van der Waals surface area contributed by atoms with Gasteiger partial charge in [0.25, 0.3) is 0 Å². The molecule has 43 valence electrons. The molecule has 0 fully saturated rings. The standard InChI is InChI=1S/C5H10FO/c1-3-4-7-5(2)6/h4-5H,3H2,1-2H3. The average molecular weight is 105 g/mol. The molecule has 0 amide bonds. The second kappa shape index (κ2) is 4.06. The van der Waals surface area contributed by atoms with E-state index >= 15 is 0 Å². The highest BCUT2D eigenvalue weighted by molar-refractivity contribution is 4.42. The quantitative estimate of drug-likeness (QED) is 0.532. The van der Waals surface area contributed by atoms with E-state index in [1.54, 1.807) is 0 Å². The van der Waals surface area contributed by atoms with E-state index in [-0.39, 0.29) is 0 Å². The van der Waals surface area contributed by atoms with Gasteiger partial charge in [-0.05, 0) is 13.3 Å². The van der Waals surface area contributed by atoms with Crippen molar-refractivity contribution in [3.63, 3.8) is 0 Å². The lowest BCUT2D eigenvalue weighted by Gasteiger charge is -1.98. The van der Waals surface area contributed by atoms with Gasteiger partial charge in [-0.1, -0.05) is 6.92 Å².